The van der Waals surface area contributed by atoms with Gasteiger partial charge in [-0.25, -0.2) is 4.79 Å². The van der Waals surface area contributed by atoms with Crippen LogP contribution in [0.2, 0.25) is 0 Å². The van der Waals surface area contributed by atoms with Crippen LogP contribution in [0.5, 0.6) is 5.75 Å². The van der Waals surface area contributed by atoms with E-state index in [2.05, 4.69) is 0 Å². The number of Topliss-reactive ketones (excluding diaryl/α,β-unsaturated/α-hetero) is 1. The molecular formula is C14H12O5. The van der Waals surface area contributed by atoms with Gasteiger partial charge in [-0.05, 0) is 30.7 Å². The summed E-state index contributed by atoms with van der Waals surface area (Å²) >= 11 is 0. The maximum atomic E-state index is 11.4. The quantitative estimate of drug-likeness (QED) is 0.664. The Morgan fingerprint density at radius 1 is 1.32 bits per heavy atom. The van der Waals surface area contributed by atoms with Gasteiger partial charge in [-0.2, -0.15) is 0 Å². The van der Waals surface area contributed by atoms with Crippen molar-refractivity contribution in [2.45, 2.75) is 6.92 Å². The van der Waals surface area contributed by atoms with Gasteiger partial charge in [0, 0.05) is 0 Å². The van der Waals surface area contributed by atoms with Crippen LogP contribution in [0.25, 0.3) is 6.08 Å². The Kier molecular flexibility index (Phi) is 3.37. The van der Waals surface area contributed by atoms with E-state index in [1.165, 1.54) is 13.0 Å². The summed E-state index contributed by atoms with van der Waals surface area (Å²) in [5, 5.41) is 9.77. The highest BCUT2D eigenvalue weighted by atomic mass is 16.6. The number of hydrogen-bond acceptors (Lipinski definition) is 5. The number of cyclic esters (lactones) is 1. The summed E-state index contributed by atoms with van der Waals surface area (Å²) < 4.78 is 9.87. The predicted molar refractivity (Wildman–Crippen MR) is 67.4 cm³/mol. The van der Waals surface area contributed by atoms with E-state index in [1.54, 1.807) is 31.4 Å². The van der Waals surface area contributed by atoms with Crippen LogP contribution in [0.4, 0.5) is 0 Å². The Balaban J connectivity index is 2.34. The average molecular weight is 260 g/mol. The van der Waals surface area contributed by atoms with Crippen LogP contribution >= 0.6 is 0 Å². The molecule has 19 heavy (non-hydrogen) atoms. The Bertz CT molecular complexity index is 593. The molecule has 1 aromatic rings. The summed E-state index contributed by atoms with van der Waals surface area (Å²) in [5.74, 6) is -1.12. The molecule has 5 heteroatoms. The van der Waals surface area contributed by atoms with Gasteiger partial charge in [0.05, 0.1) is 7.11 Å². The molecule has 1 aliphatic heterocycles. The molecule has 0 aliphatic carbocycles. The van der Waals surface area contributed by atoms with Gasteiger partial charge in [0.2, 0.25) is 0 Å². The van der Waals surface area contributed by atoms with E-state index in [9.17, 15) is 14.7 Å². The number of ketones is 1. The first-order valence-electron chi connectivity index (χ1n) is 5.55. The van der Waals surface area contributed by atoms with Gasteiger partial charge in [-0.3, -0.25) is 4.79 Å². The molecule has 2 rings (SSSR count). The van der Waals surface area contributed by atoms with E-state index >= 15 is 0 Å². The smallest absolute Gasteiger partial charge is 0.351 e. The minimum Gasteiger partial charge on any atom is -0.504 e. The second-order valence-electron chi connectivity index (χ2n) is 3.95. The fourth-order valence-corrected chi connectivity index (χ4v) is 1.68. The molecule has 0 fully saturated rings. The van der Waals surface area contributed by atoms with Crippen molar-refractivity contribution in [3.05, 3.63) is 46.9 Å². The van der Waals surface area contributed by atoms with Gasteiger partial charge in [0.1, 0.15) is 11.3 Å². The SMILES string of the molecule is COc1ccc(/C=C2\OC(=O)C(C(C)=O)=C2O)cc1. The molecule has 1 heterocycles. The highest BCUT2D eigenvalue weighted by Crippen LogP contribution is 2.27. The maximum absolute atomic E-state index is 11.4. The Hall–Kier alpha value is -2.56. The van der Waals surface area contributed by atoms with Crippen molar-refractivity contribution in [2.24, 2.45) is 0 Å². The number of benzene rings is 1. The number of aliphatic hydroxyl groups is 1. The number of carbonyl (C=O) groups excluding carboxylic acids is 2. The zero-order valence-corrected chi connectivity index (χ0v) is 10.5. The van der Waals surface area contributed by atoms with Crippen LogP contribution in [0.3, 0.4) is 0 Å². The molecule has 0 amide bonds. The minimum absolute atomic E-state index is 0.0274. The molecule has 0 unspecified atom stereocenters. The monoisotopic (exact) mass is 260 g/mol. The van der Waals surface area contributed by atoms with Crippen LogP contribution in [0.1, 0.15) is 12.5 Å². The number of aliphatic hydroxyl groups excluding tert-OH is 1. The van der Waals surface area contributed by atoms with Crippen molar-refractivity contribution >= 4 is 17.8 Å². The molecule has 98 valence electrons. The third kappa shape index (κ3) is 2.49. The maximum Gasteiger partial charge on any atom is 0.351 e. The first-order valence-corrected chi connectivity index (χ1v) is 5.55. The largest absolute Gasteiger partial charge is 0.504 e. The molecule has 1 aliphatic rings. The highest BCUT2D eigenvalue weighted by molar-refractivity contribution is 6.19. The van der Waals surface area contributed by atoms with Gasteiger partial charge in [0.25, 0.3) is 0 Å². The lowest BCUT2D eigenvalue weighted by molar-refractivity contribution is -0.134. The zero-order valence-electron chi connectivity index (χ0n) is 10.5. The number of ether oxygens (including phenoxy) is 2. The van der Waals surface area contributed by atoms with Crippen LogP contribution in [-0.4, -0.2) is 24.0 Å². The van der Waals surface area contributed by atoms with E-state index in [0.717, 1.165) is 0 Å². The topological polar surface area (TPSA) is 72.8 Å². The third-order valence-corrected chi connectivity index (χ3v) is 2.64. The fraction of sp³-hybridized carbons (Fsp3) is 0.143. The first-order chi connectivity index (χ1) is 9.02. The van der Waals surface area contributed by atoms with Crippen LogP contribution < -0.4 is 4.74 Å². The van der Waals surface area contributed by atoms with Gasteiger partial charge in [-0.1, -0.05) is 12.1 Å². The van der Waals surface area contributed by atoms with E-state index < -0.39 is 17.5 Å². The number of hydrogen-bond donors (Lipinski definition) is 1. The highest BCUT2D eigenvalue weighted by Gasteiger charge is 2.32. The normalized spacial score (nSPS) is 16.7. The Morgan fingerprint density at radius 3 is 2.42 bits per heavy atom. The number of carbonyl (C=O) groups is 2. The first kappa shape index (κ1) is 12.9. The molecular weight excluding hydrogens is 248 g/mol. The van der Waals surface area contributed by atoms with Crippen molar-refractivity contribution in [3.8, 4) is 5.75 Å². The van der Waals surface area contributed by atoms with E-state index in [1.807, 2.05) is 0 Å². The molecule has 0 aromatic heterocycles. The number of esters is 1. The summed E-state index contributed by atoms with van der Waals surface area (Å²) in [7, 11) is 1.56. The lowest BCUT2D eigenvalue weighted by Crippen LogP contribution is -2.06. The van der Waals surface area contributed by atoms with Crippen molar-refractivity contribution in [3.63, 3.8) is 0 Å². The number of methoxy groups -OCH3 is 1. The predicted octanol–water partition coefficient (Wildman–Crippen LogP) is 1.99. The molecule has 0 bridgehead atoms. The molecule has 1 N–H and O–H groups in total. The van der Waals surface area contributed by atoms with Crippen molar-refractivity contribution in [2.75, 3.05) is 7.11 Å². The lowest BCUT2D eigenvalue weighted by Gasteiger charge is -2.01. The van der Waals surface area contributed by atoms with Gasteiger partial charge in [0.15, 0.2) is 17.3 Å². The number of rotatable bonds is 3. The van der Waals surface area contributed by atoms with Crippen LogP contribution in [-0.2, 0) is 14.3 Å². The molecule has 0 radical (unpaired) electrons. The van der Waals surface area contributed by atoms with E-state index in [0.29, 0.717) is 11.3 Å². The lowest BCUT2D eigenvalue weighted by atomic mass is 10.1. The van der Waals surface area contributed by atoms with Crippen LogP contribution in [0.15, 0.2) is 41.4 Å². The summed E-state index contributed by atoms with van der Waals surface area (Å²) in [6.45, 7) is 1.20. The average Bonchev–Trinajstić information content (AvgIpc) is 2.65. The molecule has 1 aromatic carbocycles. The summed E-state index contributed by atoms with van der Waals surface area (Å²) in [5.41, 5.74) is 0.389. The molecule has 0 spiro atoms. The Labute approximate surface area is 109 Å². The van der Waals surface area contributed by atoms with Crippen molar-refractivity contribution in [1.29, 1.82) is 0 Å². The minimum atomic E-state index is -0.829. The van der Waals surface area contributed by atoms with Crippen LogP contribution in [0, 0.1) is 0 Å². The van der Waals surface area contributed by atoms with Gasteiger partial charge < -0.3 is 14.6 Å². The second kappa shape index (κ2) is 4.97. The molecule has 0 atom stereocenters. The Morgan fingerprint density at radius 2 is 1.95 bits per heavy atom. The molecule has 0 saturated carbocycles. The van der Waals surface area contributed by atoms with Gasteiger partial charge >= 0.3 is 5.97 Å². The van der Waals surface area contributed by atoms with Crippen molar-refractivity contribution < 1.29 is 24.2 Å². The third-order valence-electron chi connectivity index (χ3n) is 2.64. The second-order valence-corrected chi connectivity index (χ2v) is 3.95. The van der Waals surface area contributed by atoms with E-state index in [-0.39, 0.29) is 11.3 Å². The summed E-state index contributed by atoms with van der Waals surface area (Å²) in [6, 6.07) is 6.93. The molecule has 5 nitrogen and oxygen atoms in total. The summed E-state index contributed by atoms with van der Waals surface area (Å²) in [4.78, 5) is 22.6. The summed E-state index contributed by atoms with van der Waals surface area (Å²) in [6.07, 6.45) is 1.47. The fourth-order valence-electron chi connectivity index (χ4n) is 1.68. The van der Waals surface area contributed by atoms with Gasteiger partial charge in [-0.15, -0.1) is 0 Å². The standard InChI is InChI=1S/C14H12O5/c1-8(15)12-13(16)11(19-14(12)17)7-9-3-5-10(18-2)6-4-9/h3-7,16H,1-2H3/b11-7-. The molecule has 0 saturated heterocycles. The van der Waals surface area contributed by atoms with E-state index in [4.69, 9.17) is 9.47 Å². The zero-order chi connectivity index (χ0) is 14.0. The van der Waals surface area contributed by atoms with Crippen molar-refractivity contribution in [1.82, 2.24) is 0 Å².